The zero-order valence-electron chi connectivity index (χ0n) is 14.7. The molecule has 5 rings (SSSR count). The Balaban J connectivity index is 1.89. The zero-order valence-corrected chi connectivity index (χ0v) is 15.5. The molecule has 0 aliphatic rings. The summed E-state index contributed by atoms with van der Waals surface area (Å²) in [6.45, 7) is 0. The van der Waals surface area contributed by atoms with Crippen molar-refractivity contribution in [2.75, 3.05) is 0 Å². The molecule has 1 aromatic carbocycles. The van der Waals surface area contributed by atoms with Crippen LogP contribution >= 0.6 is 11.3 Å². The molecule has 0 N–H and O–H groups in total. The van der Waals surface area contributed by atoms with Gasteiger partial charge in [0.05, 0.1) is 15.8 Å². The first-order valence-electron chi connectivity index (χ1n) is 8.73. The van der Waals surface area contributed by atoms with Crippen LogP contribution in [0, 0.1) is 0 Å². The second-order valence-corrected chi connectivity index (χ2v) is 7.11. The summed E-state index contributed by atoms with van der Waals surface area (Å²) >= 11 is 1.53. The van der Waals surface area contributed by atoms with Gasteiger partial charge in [-0.1, -0.05) is 18.2 Å². The predicted molar refractivity (Wildman–Crippen MR) is 112 cm³/mol. The summed E-state index contributed by atoms with van der Waals surface area (Å²) in [6.07, 6.45) is 6.94. The van der Waals surface area contributed by atoms with Gasteiger partial charge in [0, 0.05) is 41.3 Å². The Labute approximate surface area is 164 Å². The summed E-state index contributed by atoms with van der Waals surface area (Å²) in [5.41, 5.74) is 4.15. The van der Waals surface area contributed by atoms with Crippen LogP contribution in [0.3, 0.4) is 0 Å². The molecule has 4 heterocycles. The first-order valence-corrected chi connectivity index (χ1v) is 9.61. The minimum absolute atomic E-state index is 0.132. The topological polar surface area (TPSA) is 60.7 Å². The maximum Gasteiger partial charge on any atom is 0.280 e. The van der Waals surface area contributed by atoms with Crippen LogP contribution in [0.25, 0.3) is 38.2 Å². The number of benzene rings is 1. The maximum absolute atomic E-state index is 13.4. The van der Waals surface area contributed by atoms with E-state index in [1.54, 1.807) is 24.8 Å². The van der Waals surface area contributed by atoms with Gasteiger partial charge in [-0.15, -0.1) is 11.3 Å². The Morgan fingerprint density at radius 3 is 2.11 bits per heavy atom. The van der Waals surface area contributed by atoms with Crippen LogP contribution in [-0.4, -0.2) is 19.7 Å². The first kappa shape index (κ1) is 16.5. The van der Waals surface area contributed by atoms with Crippen LogP contribution in [0.2, 0.25) is 0 Å². The van der Waals surface area contributed by atoms with E-state index in [1.807, 2.05) is 60.0 Å². The molecular weight excluding hydrogens is 368 g/mol. The van der Waals surface area contributed by atoms with Crippen molar-refractivity contribution in [1.82, 2.24) is 19.7 Å². The molecule has 0 fully saturated rings. The summed E-state index contributed by atoms with van der Waals surface area (Å²) < 4.78 is 2.35. The standard InChI is InChI=1S/C22H14N4OS/c27-22-19-18(15-6-10-23-11-7-15)14-28-21(19)20(16-8-12-24-13-9-16)25-26(22)17-4-2-1-3-5-17/h1-14H. The maximum atomic E-state index is 13.4. The molecule has 134 valence electrons. The minimum Gasteiger partial charge on any atom is -0.267 e. The zero-order chi connectivity index (χ0) is 18.9. The van der Waals surface area contributed by atoms with Crippen molar-refractivity contribution in [3.8, 4) is 28.1 Å². The van der Waals surface area contributed by atoms with Gasteiger partial charge in [-0.25, -0.2) is 0 Å². The van der Waals surface area contributed by atoms with Gasteiger partial charge in [0.2, 0.25) is 0 Å². The fourth-order valence-corrected chi connectivity index (χ4v) is 4.30. The monoisotopic (exact) mass is 382 g/mol. The van der Waals surface area contributed by atoms with E-state index in [0.717, 1.165) is 32.8 Å². The van der Waals surface area contributed by atoms with Gasteiger partial charge >= 0.3 is 0 Å². The van der Waals surface area contributed by atoms with Crippen LogP contribution in [0.1, 0.15) is 0 Å². The van der Waals surface area contributed by atoms with E-state index in [-0.39, 0.29) is 5.56 Å². The number of fused-ring (bicyclic) bond motifs is 1. The second kappa shape index (κ2) is 6.83. The summed E-state index contributed by atoms with van der Waals surface area (Å²) in [5, 5.41) is 7.41. The number of pyridine rings is 2. The lowest BCUT2D eigenvalue weighted by Gasteiger charge is -2.10. The Morgan fingerprint density at radius 2 is 1.43 bits per heavy atom. The highest BCUT2D eigenvalue weighted by molar-refractivity contribution is 7.18. The number of hydrogen-bond donors (Lipinski definition) is 0. The summed E-state index contributed by atoms with van der Waals surface area (Å²) in [7, 11) is 0. The number of hydrogen-bond acceptors (Lipinski definition) is 5. The SMILES string of the molecule is O=c1c2c(-c3ccncc3)csc2c(-c2ccncc2)nn1-c1ccccc1. The molecule has 0 bridgehead atoms. The molecule has 0 saturated heterocycles. The van der Waals surface area contributed by atoms with Crippen LogP contribution in [0.15, 0.2) is 89.6 Å². The highest BCUT2D eigenvalue weighted by Crippen LogP contribution is 2.36. The molecule has 0 aliphatic heterocycles. The van der Waals surface area contributed by atoms with E-state index in [9.17, 15) is 4.79 Å². The van der Waals surface area contributed by atoms with Crippen LogP contribution in [-0.2, 0) is 0 Å². The van der Waals surface area contributed by atoms with Crippen molar-refractivity contribution >= 4 is 21.4 Å². The molecular formula is C22H14N4OS. The number of thiophene rings is 1. The van der Waals surface area contributed by atoms with Gasteiger partial charge in [0.25, 0.3) is 5.56 Å². The molecule has 0 radical (unpaired) electrons. The van der Waals surface area contributed by atoms with Gasteiger partial charge in [-0.3, -0.25) is 14.8 Å². The van der Waals surface area contributed by atoms with E-state index in [0.29, 0.717) is 5.39 Å². The largest absolute Gasteiger partial charge is 0.280 e. The van der Waals surface area contributed by atoms with Crippen LogP contribution < -0.4 is 5.56 Å². The average Bonchev–Trinajstić information content (AvgIpc) is 3.22. The van der Waals surface area contributed by atoms with Gasteiger partial charge in [-0.05, 0) is 42.0 Å². The van der Waals surface area contributed by atoms with Crippen molar-refractivity contribution in [3.05, 3.63) is 95.1 Å². The van der Waals surface area contributed by atoms with Crippen molar-refractivity contribution in [3.63, 3.8) is 0 Å². The van der Waals surface area contributed by atoms with Gasteiger partial charge in [0.1, 0.15) is 5.69 Å². The molecule has 0 unspecified atom stereocenters. The highest BCUT2D eigenvalue weighted by Gasteiger charge is 2.19. The van der Waals surface area contributed by atoms with Crippen molar-refractivity contribution in [1.29, 1.82) is 0 Å². The van der Waals surface area contributed by atoms with Crippen molar-refractivity contribution < 1.29 is 0 Å². The van der Waals surface area contributed by atoms with Crippen molar-refractivity contribution in [2.45, 2.75) is 0 Å². The lowest BCUT2D eigenvalue weighted by Crippen LogP contribution is -2.22. The second-order valence-electron chi connectivity index (χ2n) is 6.23. The Bertz CT molecular complexity index is 1310. The number of nitrogens with zero attached hydrogens (tertiary/aromatic N) is 4. The number of para-hydroxylation sites is 1. The van der Waals surface area contributed by atoms with E-state index in [2.05, 4.69) is 9.97 Å². The van der Waals surface area contributed by atoms with Crippen molar-refractivity contribution in [2.24, 2.45) is 0 Å². The smallest absolute Gasteiger partial charge is 0.267 e. The van der Waals surface area contributed by atoms with Crippen LogP contribution in [0.4, 0.5) is 0 Å². The van der Waals surface area contributed by atoms with E-state index in [4.69, 9.17) is 5.10 Å². The van der Waals surface area contributed by atoms with Gasteiger partial charge in [-0.2, -0.15) is 9.78 Å². The molecule has 6 heteroatoms. The number of rotatable bonds is 3. The minimum atomic E-state index is -0.132. The Hall–Kier alpha value is -3.64. The van der Waals surface area contributed by atoms with E-state index in [1.165, 1.54) is 16.0 Å². The molecule has 0 atom stereocenters. The fourth-order valence-electron chi connectivity index (χ4n) is 3.23. The summed E-state index contributed by atoms with van der Waals surface area (Å²) in [5.74, 6) is 0. The first-order chi connectivity index (χ1) is 13.8. The van der Waals surface area contributed by atoms with Gasteiger partial charge in [0.15, 0.2) is 0 Å². The fraction of sp³-hybridized carbons (Fsp3) is 0. The highest BCUT2D eigenvalue weighted by atomic mass is 32.1. The molecule has 5 nitrogen and oxygen atoms in total. The summed E-state index contributed by atoms with van der Waals surface area (Å²) in [4.78, 5) is 21.6. The van der Waals surface area contributed by atoms with E-state index >= 15 is 0 Å². The molecule has 0 spiro atoms. The lowest BCUT2D eigenvalue weighted by molar-refractivity contribution is 0.827. The third kappa shape index (κ3) is 2.71. The van der Waals surface area contributed by atoms with Crippen LogP contribution in [0.5, 0.6) is 0 Å². The molecule has 28 heavy (non-hydrogen) atoms. The lowest BCUT2D eigenvalue weighted by atomic mass is 10.1. The predicted octanol–water partition coefficient (Wildman–Crippen LogP) is 4.57. The third-order valence-corrected chi connectivity index (χ3v) is 5.54. The molecule has 5 aromatic rings. The molecule has 0 saturated carbocycles. The molecule has 0 aliphatic carbocycles. The van der Waals surface area contributed by atoms with E-state index < -0.39 is 0 Å². The average molecular weight is 382 g/mol. The molecule has 0 amide bonds. The third-order valence-electron chi connectivity index (χ3n) is 4.56. The summed E-state index contributed by atoms with van der Waals surface area (Å²) in [6, 6.07) is 17.1. The molecule has 4 aromatic heterocycles. The Kier molecular flexibility index (Phi) is 4.03. The quantitative estimate of drug-likeness (QED) is 0.459. The number of aromatic nitrogens is 4. The Morgan fingerprint density at radius 1 is 0.786 bits per heavy atom. The normalized spacial score (nSPS) is 11.0. The van der Waals surface area contributed by atoms with Gasteiger partial charge < -0.3 is 0 Å².